The van der Waals surface area contributed by atoms with Crippen LogP contribution in [0.15, 0.2) is 23.1 Å². The number of fused-ring (bicyclic) bond motifs is 1. The number of thiophene rings is 1. The number of rotatable bonds is 6. The monoisotopic (exact) mass is 372 g/mol. The Morgan fingerprint density at radius 3 is 2.96 bits per heavy atom. The Morgan fingerprint density at radius 2 is 2.19 bits per heavy atom. The maximum atomic E-state index is 12.2. The average molecular weight is 372 g/mol. The summed E-state index contributed by atoms with van der Waals surface area (Å²) >= 11 is 1.50. The minimum absolute atomic E-state index is 0.109. The van der Waals surface area contributed by atoms with Crippen molar-refractivity contribution in [2.24, 2.45) is 0 Å². The van der Waals surface area contributed by atoms with Crippen molar-refractivity contribution in [2.45, 2.75) is 33.2 Å². The molecular formula is C18H20N4O3S. The number of nitrogens with one attached hydrogen (secondary N) is 2. The molecule has 0 unspecified atom stereocenters. The molecule has 0 atom stereocenters. The van der Waals surface area contributed by atoms with E-state index in [0.29, 0.717) is 30.1 Å². The average Bonchev–Trinajstić information content (AvgIpc) is 2.92. The highest BCUT2D eigenvalue weighted by Gasteiger charge is 2.12. The molecule has 3 heterocycles. The summed E-state index contributed by atoms with van der Waals surface area (Å²) in [5.41, 5.74) is 1.73. The Labute approximate surface area is 154 Å². The standard InChI is InChI=1S/C18H20N4O3S/c1-10-11(2)26-18-16(10)17(24)21-13(22-18)4-5-14(23)20-9-12-6-7-19-15(8-12)25-3/h6-8H,4-5,9H2,1-3H3,(H,20,23)(H,21,22,24). The minimum Gasteiger partial charge on any atom is -0.481 e. The zero-order valence-electron chi connectivity index (χ0n) is 14.9. The summed E-state index contributed by atoms with van der Waals surface area (Å²) in [5.74, 6) is 0.930. The Kier molecular flexibility index (Phi) is 5.32. The highest BCUT2D eigenvalue weighted by molar-refractivity contribution is 7.18. The van der Waals surface area contributed by atoms with Crippen LogP contribution in [0.3, 0.4) is 0 Å². The van der Waals surface area contributed by atoms with Gasteiger partial charge >= 0.3 is 0 Å². The normalized spacial score (nSPS) is 10.9. The molecule has 0 saturated carbocycles. The van der Waals surface area contributed by atoms with E-state index in [1.54, 1.807) is 19.4 Å². The molecule has 0 saturated heterocycles. The lowest BCUT2D eigenvalue weighted by atomic mass is 10.2. The molecule has 136 valence electrons. The van der Waals surface area contributed by atoms with E-state index in [1.807, 2.05) is 19.9 Å². The fourth-order valence-corrected chi connectivity index (χ4v) is 3.66. The van der Waals surface area contributed by atoms with E-state index in [2.05, 4.69) is 20.3 Å². The maximum absolute atomic E-state index is 12.2. The molecule has 1 amide bonds. The molecule has 2 N–H and O–H groups in total. The molecule has 3 rings (SSSR count). The third-order valence-corrected chi connectivity index (χ3v) is 5.28. The number of aromatic amines is 1. The van der Waals surface area contributed by atoms with E-state index >= 15 is 0 Å². The summed E-state index contributed by atoms with van der Waals surface area (Å²) in [6, 6.07) is 3.59. The quantitative estimate of drug-likeness (QED) is 0.692. The Bertz CT molecular complexity index is 1010. The van der Waals surface area contributed by atoms with Crippen LogP contribution < -0.4 is 15.6 Å². The lowest BCUT2D eigenvalue weighted by Crippen LogP contribution is -2.23. The fraction of sp³-hybridized carbons (Fsp3) is 0.333. The molecule has 0 aliphatic rings. The first-order chi connectivity index (χ1) is 12.5. The third-order valence-electron chi connectivity index (χ3n) is 4.18. The van der Waals surface area contributed by atoms with Crippen molar-refractivity contribution in [3.63, 3.8) is 0 Å². The molecule has 26 heavy (non-hydrogen) atoms. The number of nitrogens with zero attached hydrogens (tertiary/aromatic N) is 2. The molecule has 8 heteroatoms. The van der Waals surface area contributed by atoms with Crippen molar-refractivity contribution in [2.75, 3.05) is 7.11 Å². The predicted octanol–water partition coefficient (Wildman–Crippen LogP) is 2.25. The van der Waals surface area contributed by atoms with Crippen LogP contribution in [-0.2, 0) is 17.8 Å². The van der Waals surface area contributed by atoms with Gasteiger partial charge in [-0.3, -0.25) is 9.59 Å². The molecule has 3 aromatic rings. The highest BCUT2D eigenvalue weighted by atomic mass is 32.1. The summed E-state index contributed by atoms with van der Waals surface area (Å²) in [6.07, 6.45) is 2.27. The number of pyridine rings is 1. The number of hydrogen-bond donors (Lipinski definition) is 2. The second kappa shape index (κ2) is 7.65. The summed E-state index contributed by atoms with van der Waals surface area (Å²) < 4.78 is 5.06. The maximum Gasteiger partial charge on any atom is 0.259 e. The predicted molar refractivity (Wildman–Crippen MR) is 101 cm³/mol. The lowest BCUT2D eigenvalue weighted by Gasteiger charge is -2.06. The number of amides is 1. The van der Waals surface area contributed by atoms with Crippen molar-refractivity contribution >= 4 is 27.5 Å². The first kappa shape index (κ1) is 18.1. The highest BCUT2D eigenvalue weighted by Crippen LogP contribution is 2.25. The van der Waals surface area contributed by atoms with Crippen LogP contribution in [0.2, 0.25) is 0 Å². The van der Waals surface area contributed by atoms with E-state index in [1.165, 1.54) is 11.3 Å². The molecule has 0 aromatic carbocycles. The molecule has 0 bridgehead atoms. The van der Waals surface area contributed by atoms with Crippen LogP contribution in [-0.4, -0.2) is 28.0 Å². The van der Waals surface area contributed by atoms with Crippen molar-refractivity contribution in [1.29, 1.82) is 0 Å². The number of aromatic nitrogens is 3. The molecule has 7 nitrogen and oxygen atoms in total. The largest absolute Gasteiger partial charge is 0.481 e. The molecule has 0 aliphatic carbocycles. The van der Waals surface area contributed by atoms with Gasteiger partial charge in [0.05, 0.1) is 12.5 Å². The van der Waals surface area contributed by atoms with E-state index in [0.717, 1.165) is 20.8 Å². The van der Waals surface area contributed by atoms with Gasteiger partial charge in [0.1, 0.15) is 10.7 Å². The number of hydrogen-bond acceptors (Lipinski definition) is 6. The van der Waals surface area contributed by atoms with Crippen LogP contribution in [0.1, 0.15) is 28.2 Å². The number of carbonyl (C=O) groups excluding carboxylic acids is 1. The van der Waals surface area contributed by atoms with Gasteiger partial charge in [0, 0.05) is 36.5 Å². The zero-order chi connectivity index (χ0) is 18.7. The van der Waals surface area contributed by atoms with Crippen LogP contribution >= 0.6 is 11.3 Å². The molecule has 0 spiro atoms. The van der Waals surface area contributed by atoms with Crippen molar-refractivity contribution < 1.29 is 9.53 Å². The van der Waals surface area contributed by atoms with Crippen LogP contribution in [0, 0.1) is 13.8 Å². The number of carbonyl (C=O) groups is 1. The molecular weight excluding hydrogens is 352 g/mol. The smallest absolute Gasteiger partial charge is 0.259 e. The number of methoxy groups -OCH3 is 1. The summed E-state index contributed by atoms with van der Waals surface area (Å²) in [5, 5.41) is 3.49. The molecule has 0 radical (unpaired) electrons. The SMILES string of the molecule is COc1cc(CNC(=O)CCc2nc3sc(C)c(C)c3c(=O)[nH]2)ccn1. The first-order valence-corrected chi connectivity index (χ1v) is 9.04. The van der Waals surface area contributed by atoms with Crippen molar-refractivity contribution in [3.05, 3.63) is 50.5 Å². The van der Waals surface area contributed by atoms with Gasteiger partial charge in [0.15, 0.2) is 0 Å². The zero-order valence-corrected chi connectivity index (χ0v) is 15.7. The lowest BCUT2D eigenvalue weighted by molar-refractivity contribution is -0.121. The summed E-state index contributed by atoms with van der Waals surface area (Å²) in [7, 11) is 1.55. The van der Waals surface area contributed by atoms with Gasteiger partial charge in [-0.15, -0.1) is 11.3 Å². The van der Waals surface area contributed by atoms with E-state index < -0.39 is 0 Å². The molecule has 0 fully saturated rings. The van der Waals surface area contributed by atoms with Gasteiger partial charge in [-0.25, -0.2) is 9.97 Å². The van der Waals surface area contributed by atoms with Gasteiger partial charge in [-0.2, -0.15) is 0 Å². The van der Waals surface area contributed by atoms with Crippen molar-refractivity contribution in [1.82, 2.24) is 20.3 Å². The van der Waals surface area contributed by atoms with Crippen LogP contribution in [0.5, 0.6) is 5.88 Å². The second-order valence-corrected chi connectivity index (χ2v) is 7.16. The number of H-pyrrole nitrogens is 1. The minimum atomic E-state index is -0.142. The second-order valence-electron chi connectivity index (χ2n) is 5.96. The summed E-state index contributed by atoms with van der Waals surface area (Å²) in [6.45, 7) is 4.29. The Balaban J connectivity index is 1.60. The molecule has 0 aliphatic heterocycles. The van der Waals surface area contributed by atoms with E-state index in [4.69, 9.17) is 4.74 Å². The molecule has 3 aromatic heterocycles. The third kappa shape index (κ3) is 3.91. The van der Waals surface area contributed by atoms with Crippen LogP contribution in [0.25, 0.3) is 10.2 Å². The van der Waals surface area contributed by atoms with Crippen LogP contribution in [0.4, 0.5) is 0 Å². The Morgan fingerprint density at radius 1 is 1.38 bits per heavy atom. The van der Waals surface area contributed by atoms with Gasteiger partial charge in [-0.1, -0.05) is 0 Å². The first-order valence-electron chi connectivity index (χ1n) is 8.22. The topological polar surface area (TPSA) is 97.0 Å². The van der Waals surface area contributed by atoms with Gasteiger partial charge in [0.25, 0.3) is 5.56 Å². The summed E-state index contributed by atoms with van der Waals surface area (Å²) in [4.78, 5) is 37.4. The number of ether oxygens (including phenoxy) is 1. The van der Waals surface area contributed by atoms with Gasteiger partial charge in [0.2, 0.25) is 11.8 Å². The van der Waals surface area contributed by atoms with E-state index in [-0.39, 0.29) is 17.9 Å². The van der Waals surface area contributed by atoms with Gasteiger partial charge in [-0.05, 0) is 31.0 Å². The van der Waals surface area contributed by atoms with E-state index in [9.17, 15) is 9.59 Å². The fourth-order valence-electron chi connectivity index (χ4n) is 2.61. The van der Waals surface area contributed by atoms with Gasteiger partial charge < -0.3 is 15.0 Å². The van der Waals surface area contributed by atoms with Crippen molar-refractivity contribution in [3.8, 4) is 5.88 Å². The number of aryl methyl sites for hydroxylation is 3. The Hall–Kier alpha value is -2.74.